The van der Waals surface area contributed by atoms with Gasteiger partial charge in [0.15, 0.2) is 0 Å². The molecule has 0 saturated heterocycles. The zero-order valence-corrected chi connectivity index (χ0v) is 18.4. The Labute approximate surface area is 198 Å². The first-order valence-electron chi connectivity index (χ1n) is 10.4. The third-order valence-electron chi connectivity index (χ3n) is 5.02. The molecule has 3 N–H and O–H groups in total. The maximum atomic E-state index is 13.3. The third-order valence-corrected chi connectivity index (χ3v) is 5.02. The van der Waals surface area contributed by atoms with E-state index in [1.807, 2.05) is 0 Å². The maximum Gasteiger partial charge on any atom is 0.299 e. The summed E-state index contributed by atoms with van der Waals surface area (Å²) < 4.78 is 13.3. The van der Waals surface area contributed by atoms with Gasteiger partial charge in [0.1, 0.15) is 17.2 Å². The number of para-hydroxylation sites is 2. The molecule has 11 heteroatoms. The molecule has 35 heavy (non-hydrogen) atoms. The van der Waals surface area contributed by atoms with E-state index >= 15 is 0 Å². The van der Waals surface area contributed by atoms with Crippen LogP contribution in [0.15, 0.2) is 79.0 Å². The predicted octanol–water partition coefficient (Wildman–Crippen LogP) is 6.58. The fourth-order valence-corrected chi connectivity index (χ4v) is 3.31. The van der Waals surface area contributed by atoms with Crippen molar-refractivity contribution in [3.05, 3.63) is 111 Å². The molecule has 3 aromatic carbocycles. The number of rotatable bonds is 8. The van der Waals surface area contributed by atoms with Gasteiger partial charge in [-0.05, 0) is 61.5 Å². The normalized spacial score (nSPS) is 10.5. The van der Waals surface area contributed by atoms with Gasteiger partial charge in [-0.15, -0.1) is 0 Å². The van der Waals surface area contributed by atoms with Crippen molar-refractivity contribution in [2.75, 3.05) is 16.0 Å². The molecule has 0 fully saturated rings. The number of pyridine rings is 1. The van der Waals surface area contributed by atoms with E-state index in [0.717, 1.165) is 11.8 Å². The van der Waals surface area contributed by atoms with Crippen LogP contribution in [0.4, 0.5) is 49.9 Å². The van der Waals surface area contributed by atoms with E-state index in [1.165, 1.54) is 24.4 Å². The summed E-state index contributed by atoms with van der Waals surface area (Å²) in [6, 6.07) is 18.3. The molecule has 4 aromatic rings. The fourth-order valence-electron chi connectivity index (χ4n) is 3.31. The highest BCUT2D eigenvalue weighted by molar-refractivity contribution is 5.85. The molecule has 4 rings (SSSR count). The molecule has 1 heterocycles. The molecule has 1 aromatic heterocycles. The van der Waals surface area contributed by atoms with Gasteiger partial charge in [0, 0.05) is 11.4 Å². The fraction of sp³-hybridized carbons (Fsp3) is 0.0417. The van der Waals surface area contributed by atoms with E-state index < -0.39 is 21.2 Å². The summed E-state index contributed by atoms with van der Waals surface area (Å²) in [6.45, 7) is 1.80. The number of nitro groups is 2. The molecule has 176 valence electrons. The van der Waals surface area contributed by atoms with Gasteiger partial charge in [-0.25, -0.2) is 4.39 Å². The van der Waals surface area contributed by atoms with Gasteiger partial charge < -0.3 is 16.0 Å². The number of aryl methyl sites for hydroxylation is 1. The summed E-state index contributed by atoms with van der Waals surface area (Å²) in [6.07, 6.45) is 1.51. The number of aromatic nitrogens is 1. The molecule has 10 nitrogen and oxygen atoms in total. The molecule has 0 saturated carbocycles. The van der Waals surface area contributed by atoms with Crippen molar-refractivity contribution in [2.24, 2.45) is 0 Å². The Bertz CT molecular complexity index is 1390. The van der Waals surface area contributed by atoms with Crippen molar-refractivity contribution in [1.82, 2.24) is 4.98 Å². The highest BCUT2D eigenvalue weighted by atomic mass is 19.1. The SMILES string of the molecule is Cc1ccc(Nc2cc(Nc3ccccc3Nc3ccc(F)cc3)c([N+](=O)[O-])cc2[N+](=O)[O-])cn1. The summed E-state index contributed by atoms with van der Waals surface area (Å²) in [7, 11) is 0. The number of nitro benzene ring substituents is 2. The van der Waals surface area contributed by atoms with Gasteiger partial charge in [0.25, 0.3) is 11.4 Å². The molecule has 0 aliphatic rings. The maximum absolute atomic E-state index is 13.3. The highest BCUT2D eigenvalue weighted by Crippen LogP contribution is 2.40. The highest BCUT2D eigenvalue weighted by Gasteiger charge is 2.25. The lowest BCUT2D eigenvalue weighted by Gasteiger charge is -2.15. The van der Waals surface area contributed by atoms with Crippen molar-refractivity contribution in [3.63, 3.8) is 0 Å². The Morgan fingerprint density at radius 1 is 0.714 bits per heavy atom. The first-order chi connectivity index (χ1) is 16.8. The predicted molar refractivity (Wildman–Crippen MR) is 131 cm³/mol. The van der Waals surface area contributed by atoms with Gasteiger partial charge in [0.05, 0.1) is 39.2 Å². The van der Waals surface area contributed by atoms with E-state index in [0.29, 0.717) is 22.7 Å². The van der Waals surface area contributed by atoms with Crippen LogP contribution in [-0.2, 0) is 0 Å². The summed E-state index contributed by atoms with van der Waals surface area (Å²) in [4.78, 5) is 26.2. The van der Waals surface area contributed by atoms with Gasteiger partial charge in [-0.3, -0.25) is 25.2 Å². The van der Waals surface area contributed by atoms with Crippen molar-refractivity contribution in [2.45, 2.75) is 6.92 Å². The molecule has 0 spiro atoms. The Morgan fingerprint density at radius 3 is 1.83 bits per heavy atom. The second-order valence-electron chi connectivity index (χ2n) is 7.52. The first-order valence-corrected chi connectivity index (χ1v) is 10.4. The Balaban J connectivity index is 1.73. The molecule has 0 unspecified atom stereocenters. The number of halogens is 1. The third kappa shape index (κ3) is 5.47. The first kappa shape index (κ1) is 23.1. The molecule has 0 aliphatic heterocycles. The minimum absolute atomic E-state index is 0.0385. The minimum Gasteiger partial charge on any atom is -0.354 e. The van der Waals surface area contributed by atoms with Gasteiger partial charge >= 0.3 is 0 Å². The molecular weight excluding hydrogens is 455 g/mol. The van der Waals surface area contributed by atoms with Gasteiger partial charge in [-0.2, -0.15) is 0 Å². The van der Waals surface area contributed by atoms with E-state index in [4.69, 9.17) is 0 Å². The van der Waals surface area contributed by atoms with E-state index in [2.05, 4.69) is 20.9 Å². The average molecular weight is 474 g/mol. The molecule has 0 aliphatic carbocycles. The largest absolute Gasteiger partial charge is 0.354 e. The molecule has 0 radical (unpaired) electrons. The average Bonchev–Trinajstić information content (AvgIpc) is 2.83. The lowest BCUT2D eigenvalue weighted by atomic mass is 10.1. The van der Waals surface area contributed by atoms with Crippen molar-refractivity contribution in [1.29, 1.82) is 0 Å². The van der Waals surface area contributed by atoms with Crippen LogP contribution < -0.4 is 16.0 Å². The number of hydrogen-bond donors (Lipinski definition) is 3. The van der Waals surface area contributed by atoms with Crippen molar-refractivity contribution in [3.8, 4) is 0 Å². The lowest BCUT2D eigenvalue weighted by molar-refractivity contribution is -0.393. The second-order valence-corrected chi connectivity index (χ2v) is 7.52. The second kappa shape index (κ2) is 9.83. The van der Waals surface area contributed by atoms with Crippen LogP contribution in [0.3, 0.4) is 0 Å². The topological polar surface area (TPSA) is 135 Å². The van der Waals surface area contributed by atoms with Crippen LogP contribution in [0, 0.1) is 33.0 Å². The Kier molecular flexibility index (Phi) is 6.49. The van der Waals surface area contributed by atoms with Crippen LogP contribution in [0.2, 0.25) is 0 Å². The minimum atomic E-state index is -0.692. The molecule has 0 amide bonds. The number of nitrogens with one attached hydrogen (secondary N) is 3. The van der Waals surface area contributed by atoms with E-state index in [1.54, 1.807) is 55.5 Å². The standard InChI is InChI=1S/C24H19FN6O4/c1-15-6-9-18(14-26-15)28-21-12-22(24(31(34)35)13-23(21)30(32)33)29-20-5-3-2-4-19(20)27-17-10-7-16(25)8-11-17/h2-14,27-29H,1H3. The number of benzene rings is 3. The summed E-state index contributed by atoms with van der Waals surface area (Å²) >= 11 is 0. The summed E-state index contributed by atoms with van der Waals surface area (Å²) in [5, 5.41) is 32.5. The molecule has 0 bridgehead atoms. The van der Waals surface area contributed by atoms with E-state index in [-0.39, 0.29) is 17.2 Å². The van der Waals surface area contributed by atoms with Crippen LogP contribution in [0.5, 0.6) is 0 Å². The Morgan fingerprint density at radius 2 is 1.26 bits per heavy atom. The number of nitrogens with zero attached hydrogens (tertiary/aromatic N) is 3. The summed E-state index contributed by atoms with van der Waals surface area (Å²) in [5.41, 5.74) is 2.04. The number of anilines is 6. The van der Waals surface area contributed by atoms with Crippen LogP contribution in [0.1, 0.15) is 5.69 Å². The summed E-state index contributed by atoms with van der Waals surface area (Å²) in [5.74, 6) is -0.382. The van der Waals surface area contributed by atoms with Crippen molar-refractivity contribution >= 4 is 45.5 Å². The molecular formula is C24H19FN6O4. The number of hydrogen-bond acceptors (Lipinski definition) is 8. The quantitative estimate of drug-likeness (QED) is 0.193. The monoisotopic (exact) mass is 474 g/mol. The molecule has 0 atom stereocenters. The van der Waals surface area contributed by atoms with E-state index in [9.17, 15) is 24.6 Å². The lowest BCUT2D eigenvalue weighted by Crippen LogP contribution is -2.04. The van der Waals surface area contributed by atoms with Crippen molar-refractivity contribution < 1.29 is 14.2 Å². The van der Waals surface area contributed by atoms with Gasteiger partial charge in [-0.1, -0.05) is 12.1 Å². The zero-order chi connectivity index (χ0) is 24.9. The zero-order valence-electron chi connectivity index (χ0n) is 18.4. The Hall–Kier alpha value is -5.06. The van der Waals surface area contributed by atoms with Crippen LogP contribution in [-0.4, -0.2) is 14.8 Å². The van der Waals surface area contributed by atoms with Gasteiger partial charge in [0.2, 0.25) is 0 Å². The smallest absolute Gasteiger partial charge is 0.299 e. The van der Waals surface area contributed by atoms with Crippen LogP contribution in [0.25, 0.3) is 0 Å². The van der Waals surface area contributed by atoms with Crippen LogP contribution >= 0.6 is 0 Å².